The molecule has 0 bridgehead atoms. The lowest BCUT2D eigenvalue weighted by molar-refractivity contribution is -0.0192. The lowest BCUT2D eigenvalue weighted by Crippen LogP contribution is -2.61. The van der Waals surface area contributed by atoms with Crippen LogP contribution in [0.3, 0.4) is 0 Å². The summed E-state index contributed by atoms with van der Waals surface area (Å²) in [5.74, 6) is 0.789. The normalized spacial score (nSPS) is 33.7. The van der Waals surface area contributed by atoms with Gasteiger partial charge in [0.05, 0.1) is 0 Å². The molecule has 2 aliphatic rings. The number of nitrogens with zero attached hydrogens (tertiary/aromatic N) is 2. The summed E-state index contributed by atoms with van der Waals surface area (Å²) in [6.45, 7) is 13.5. The maximum absolute atomic E-state index is 2.80. The molecule has 0 aromatic heterocycles. The zero-order chi connectivity index (χ0) is 12.4. The van der Waals surface area contributed by atoms with Crippen molar-refractivity contribution in [2.75, 3.05) is 19.6 Å². The van der Waals surface area contributed by atoms with E-state index < -0.39 is 0 Å². The topological polar surface area (TPSA) is 6.48 Å². The molecule has 2 rings (SSSR count). The number of hydrogen-bond donors (Lipinski definition) is 0. The smallest absolute Gasteiger partial charge is 0.0224 e. The maximum Gasteiger partial charge on any atom is 0.0224 e. The summed E-state index contributed by atoms with van der Waals surface area (Å²) >= 11 is 0. The molecule has 0 amide bonds. The van der Waals surface area contributed by atoms with Crippen molar-refractivity contribution in [1.82, 2.24) is 9.80 Å². The summed E-state index contributed by atoms with van der Waals surface area (Å²) in [6.07, 6.45) is 5.60. The third-order valence-electron chi connectivity index (χ3n) is 4.85. The molecule has 0 N–H and O–H groups in total. The van der Waals surface area contributed by atoms with Gasteiger partial charge in [-0.25, -0.2) is 0 Å². The molecule has 2 heterocycles. The summed E-state index contributed by atoms with van der Waals surface area (Å²) < 4.78 is 0. The first-order chi connectivity index (χ1) is 8.13. The average molecular weight is 238 g/mol. The highest BCUT2D eigenvalue weighted by molar-refractivity contribution is 4.92. The van der Waals surface area contributed by atoms with Crippen molar-refractivity contribution in [2.45, 2.75) is 71.5 Å². The quantitative estimate of drug-likeness (QED) is 0.746. The van der Waals surface area contributed by atoms with Crippen LogP contribution in [-0.2, 0) is 0 Å². The Morgan fingerprint density at radius 2 is 1.94 bits per heavy atom. The minimum Gasteiger partial charge on any atom is -0.298 e. The SMILES string of the molecule is CCC(C(C)C)N1CC2CCCCN2CC1C. The van der Waals surface area contributed by atoms with Gasteiger partial charge in [0.1, 0.15) is 0 Å². The second-order valence-electron chi connectivity index (χ2n) is 6.41. The average Bonchev–Trinajstić information content (AvgIpc) is 2.30. The van der Waals surface area contributed by atoms with Crippen molar-refractivity contribution in [3.05, 3.63) is 0 Å². The van der Waals surface area contributed by atoms with Crippen molar-refractivity contribution in [3.8, 4) is 0 Å². The van der Waals surface area contributed by atoms with Crippen LogP contribution >= 0.6 is 0 Å². The fourth-order valence-electron chi connectivity index (χ4n) is 3.93. The van der Waals surface area contributed by atoms with Crippen LogP contribution in [0.1, 0.15) is 53.4 Å². The van der Waals surface area contributed by atoms with Gasteiger partial charge in [-0.2, -0.15) is 0 Å². The Morgan fingerprint density at radius 3 is 2.59 bits per heavy atom. The molecule has 0 aromatic carbocycles. The van der Waals surface area contributed by atoms with Gasteiger partial charge in [0.15, 0.2) is 0 Å². The van der Waals surface area contributed by atoms with E-state index in [2.05, 4.69) is 37.5 Å². The Labute approximate surface area is 107 Å². The zero-order valence-corrected chi connectivity index (χ0v) is 12.2. The highest BCUT2D eigenvalue weighted by Crippen LogP contribution is 2.28. The van der Waals surface area contributed by atoms with Gasteiger partial charge < -0.3 is 0 Å². The molecule has 3 atom stereocenters. The highest BCUT2D eigenvalue weighted by Gasteiger charge is 2.36. The first-order valence-corrected chi connectivity index (χ1v) is 7.63. The number of piperidine rings is 1. The van der Waals surface area contributed by atoms with Gasteiger partial charge in [-0.05, 0) is 38.6 Å². The summed E-state index contributed by atoms with van der Waals surface area (Å²) in [5, 5.41) is 0. The standard InChI is InChI=1S/C15H30N2/c1-5-15(12(2)3)17-11-14-8-6-7-9-16(14)10-13(17)4/h12-15H,5-11H2,1-4H3. The van der Waals surface area contributed by atoms with E-state index >= 15 is 0 Å². The first-order valence-electron chi connectivity index (χ1n) is 7.63. The second kappa shape index (κ2) is 5.71. The second-order valence-corrected chi connectivity index (χ2v) is 6.41. The van der Waals surface area contributed by atoms with Crippen molar-refractivity contribution in [1.29, 1.82) is 0 Å². The van der Waals surface area contributed by atoms with Crippen LogP contribution in [0.5, 0.6) is 0 Å². The lowest BCUT2D eigenvalue weighted by atomic mass is 9.92. The molecule has 100 valence electrons. The van der Waals surface area contributed by atoms with Crippen molar-refractivity contribution in [3.63, 3.8) is 0 Å². The van der Waals surface area contributed by atoms with Crippen LogP contribution in [0.25, 0.3) is 0 Å². The third-order valence-corrected chi connectivity index (χ3v) is 4.85. The number of rotatable bonds is 3. The van der Waals surface area contributed by atoms with Crippen LogP contribution in [0.15, 0.2) is 0 Å². The molecular formula is C15H30N2. The Balaban J connectivity index is 2.03. The van der Waals surface area contributed by atoms with E-state index in [-0.39, 0.29) is 0 Å². The summed E-state index contributed by atoms with van der Waals surface area (Å²) in [7, 11) is 0. The Morgan fingerprint density at radius 1 is 1.18 bits per heavy atom. The van der Waals surface area contributed by atoms with Crippen LogP contribution in [-0.4, -0.2) is 47.6 Å². The fourth-order valence-corrected chi connectivity index (χ4v) is 3.93. The molecule has 2 aliphatic heterocycles. The van der Waals surface area contributed by atoms with Crippen LogP contribution in [0.2, 0.25) is 0 Å². The van der Waals surface area contributed by atoms with Gasteiger partial charge in [0.2, 0.25) is 0 Å². The minimum absolute atomic E-state index is 0.747. The molecule has 0 aromatic rings. The molecule has 2 nitrogen and oxygen atoms in total. The van der Waals surface area contributed by atoms with Crippen molar-refractivity contribution in [2.24, 2.45) is 5.92 Å². The maximum atomic E-state index is 2.80. The monoisotopic (exact) mass is 238 g/mol. The van der Waals surface area contributed by atoms with Crippen LogP contribution < -0.4 is 0 Å². The van der Waals surface area contributed by atoms with Gasteiger partial charge >= 0.3 is 0 Å². The molecule has 0 aliphatic carbocycles. The zero-order valence-electron chi connectivity index (χ0n) is 12.2. The fraction of sp³-hybridized carbons (Fsp3) is 1.00. The highest BCUT2D eigenvalue weighted by atomic mass is 15.3. The Hall–Kier alpha value is -0.0800. The largest absolute Gasteiger partial charge is 0.298 e. The van der Waals surface area contributed by atoms with Crippen LogP contribution in [0, 0.1) is 5.92 Å². The van der Waals surface area contributed by atoms with E-state index in [1.165, 1.54) is 45.3 Å². The van der Waals surface area contributed by atoms with E-state index in [0.29, 0.717) is 0 Å². The molecule has 0 spiro atoms. The van der Waals surface area contributed by atoms with Crippen LogP contribution in [0.4, 0.5) is 0 Å². The van der Waals surface area contributed by atoms with E-state index in [1.54, 1.807) is 0 Å². The van der Waals surface area contributed by atoms with Gasteiger partial charge in [-0.3, -0.25) is 9.80 Å². The predicted octanol–water partition coefficient (Wildman–Crippen LogP) is 2.98. The van der Waals surface area contributed by atoms with Crippen molar-refractivity contribution < 1.29 is 0 Å². The summed E-state index contributed by atoms with van der Waals surface area (Å²) in [5.41, 5.74) is 0. The Kier molecular flexibility index (Phi) is 4.48. The molecule has 2 saturated heterocycles. The summed E-state index contributed by atoms with van der Waals surface area (Å²) in [6, 6.07) is 2.39. The molecule has 17 heavy (non-hydrogen) atoms. The van der Waals surface area contributed by atoms with Gasteiger partial charge in [0.25, 0.3) is 0 Å². The van der Waals surface area contributed by atoms with E-state index in [1.807, 2.05) is 0 Å². The van der Waals surface area contributed by atoms with E-state index in [0.717, 1.165) is 24.0 Å². The van der Waals surface area contributed by atoms with E-state index in [4.69, 9.17) is 0 Å². The molecule has 2 fully saturated rings. The summed E-state index contributed by atoms with van der Waals surface area (Å²) in [4.78, 5) is 5.55. The molecule has 2 heteroatoms. The predicted molar refractivity (Wildman–Crippen MR) is 74.3 cm³/mol. The number of fused-ring (bicyclic) bond motifs is 1. The van der Waals surface area contributed by atoms with Gasteiger partial charge in [-0.1, -0.05) is 27.2 Å². The first kappa shape index (κ1) is 13.4. The number of piperazine rings is 1. The molecule has 3 unspecified atom stereocenters. The van der Waals surface area contributed by atoms with Gasteiger partial charge in [-0.15, -0.1) is 0 Å². The van der Waals surface area contributed by atoms with Crippen molar-refractivity contribution >= 4 is 0 Å². The lowest BCUT2D eigenvalue weighted by Gasteiger charge is -2.51. The third kappa shape index (κ3) is 2.85. The molecular weight excluding hydrogens is 208 g/mol. The van der Waals surface area contributed by atoms with E-state index in [9.17, 15) is 0 Å². The molecule has 0 saturated carbocycles. The van der Waals surface area contributed by atoms with Gasteiger partial charge in [0, 0.05) is 31.2 Å². The Bertz CT molecular complexity index is 239. The molecule has 0 radical (unpaired) electrons. The minimum atomic E-state index is 0.747. The number of hydrogen-bond acceptors (Lipinski definition) is 2.